The van der Waals surface area contributed by atoms with Crippen molar-refractivity contribution >= 4 is 11.9 Å². The van der Waals surface area contributed by atoms with Crippen LogP contribution in [0.3, 0.4) is 0 Å². The van der Waals surface area contributed by atoms with Crippen molar-refractivity contribution in [2.75, 3.05) is 13.7 Å². The van der Waals surface area contributed by atoms with E-state index < -0.39 is 41.4 Å². The minimum absolute atomic E-state index is 0.00452. The van der Waals surface area contributed by atoms with Gasteiger partial charge in [0.2, 0.25) is 0 Å². The van der Waals surface area contributed by atoms with Gasteiger partial charge in [0.25, 0.3) is 0 Å². The molecule has 1 aliphatic carbocycles. The Kier molecular flexibility index (Phi) is 4.26. The lowest BCUT2D eigenvalue weighted by atomic mass is 9.57. The smallest absolute Gasteiger partial charge is 0.333 e. The minimum Gasteiger partial charge on any atom is -0.466 e. The van der Waals surface area contributed by atoms with E-state index in [1.165, 1.54) is 7.11 Å². The summed E-state index contributed by atoms with van der Waals surface area (Å²) in [6.07, 6.45) is -0.515. The number of methoxy groups -OCH3 is 1. The molecule has 0 unspecified atom stereocenters. The van der Waals surface area contributed by atoms with E-state index in [2.05, 4.69) is 24.5 Å². The highest BCUT2D eigenvalue weighted by atomic mass is 16.5. The van der Waals surface area contributed by atoms with Crippen LogP contribution >= 0.6 is 0 Å². The summed E-state index contributed by atoms with van der Waals surface area (Å²) in [6.45, 7) is 11.1. The van der Waals surface area contributed by atoms with Gasteiger partial charge in [-0.1, -0.05) is 19.2 Å². The molecular weight excluding hydrogens is 288 g/mol. The third kappa shape index (κ3) is 2.28. The Balaban J connectivity index is 2.43. The lowest BCUT2D eigenvalue weighted by molar-refractivity contribution is -0.165. The van der Waals surface area contributed by atoms with E-state index in [0.717, 1.165) is 0 Å². The van der Waals surface area contributed by atoms with E-state index in [1.807, 2.05) is 0 Å². The van der Waals surface area contributed by atoms with Crippen LogP contribution in [0.15, 0.2) is 37.0 Å². The first-order chi connectivity index (χ1) is 10.3. The average molecular weight is 308 g/mol. The van der Waals surface area contributed by atoms with Crippen molar-refractivity contribution in [1.82, 2.24) is 0 Å². The summed E-state index contributed by atoms with van der Waals surface area (Å²) in [5, 5.41) is 21.1. The molecule has 2 rings (SSSR count). The van der Waals surface area contributed by atoms with E-state index in [0.29, 0.717) is 0 Å². The molecule has 6 nitrogen and oxygen atoms in total. The highest BCUT2D eigenvalue weighted by Gasteiger charge is 2.57. The number of hydrogen-bond donors (Lipinski definition) is 2. The summed E-state index contributed by atoms with van der Waals surface area (Å²) >= 11 is 0. The Morgan fingerprint density at radius 1 is 1.50 bits per heavy atom. The molecule has 1 saturated carbocycles. The molecule has 0 aromatic heterocycles. The molecule has 5 atom stereocenters. The van der Waals surface area contributed by atoms with Crippen LogP contribution in [0.4, 0.5) is 0 Å². The number of carbonyl (C=O) groups is 2. The quantitative estimate of drug-likeness (QED) is 0.444. The SMILES string of the molecule is C=C[C@@]12COC(=O)C(=C)[C@@H]1[C@@H](O)[C@H](C(=C)C(=O)OC)[C@@H](O)C2. The molecule has 0 spiro atoms. The molecule has 1 heterocycles. The summed E-state index contributed by atoms with van der Waals surface area (Å²) in [4.78, 5) is 23.4. The van der Waals surface area contributed by atoms with Crippen LogP contribution in [0.25, 0.3) is 0 Å². The maximum Gasteiger partial charge on any atom is 0.333 e. The number of hydrogen-bond acceptors (Lipinski definition) is 6. The third-order valence-electron chi connectivity index (χ3n) is 4.70. The van der Waals surface area contributed by atoms with Crippen molar-refractivity contribution in [2.45, 2.75) is 18.6 Å². The number of carbonyl (C=O) groups excluding carboxylic acids is 2. The van der Waals surface area contributed by atoms with Gasteiger partial charge in [0.05, 0.1) is 19.3 Å². The van der Waals surface area contributed by atoms with Crippen molar-refractivity contribution in [2.24, 2.45) is 17.3 Å². The predicted octanol–water partition coefficient (Wildman–Crippen LogP) is 0.359. The summed E-state index contributed by atoms with van der Waals surface area (Å²) in [7, 11) is 1.19. The Hall–Kier alpha value is -1.92. The molecule has 0 bridgehead atoms. The van der Waals surface area contributed by atoms with Gasteiger partial charge in [0.15, 0.2) is 0 Å². The molecule has 6 heteroatoms. The molecule has 0 aromatic carbocycles. The summed E-state index contributed by atoms with van der Waals surface area (Å²) in [5.41, 5.74) is -0.739. The molecule has 0 radical (unpaired) electrons. The van der Waals surface area contributed by atoms with Crippen LogP contribution in [-0.4, -0.2) is 48.1 Å². The zero-order chi connectivity index (χ0) is 16.7. The molecule has 2 fully saturated rings. The van der Waals surface area contributed by atoms with Gasteiger partial charge in [-0.05, 0) is 6.42 Å². The maximum absolute atomic E-state index is 11.8. The molecular formula is C16H20O6. The monoisotopic (exact) mass is 308 g/mol. The predicted molar refractivity (Wildman–Crippen MR) is 77.5 cm³/mol. The standard InChI is InChI=1S/C16H20O6/c1-5-16-6-10(17)11(8(2)14(19)21-4)13(18)12(16)9(3)15(20)22-7-16/h5,10-13,17-18H,1-3,6-7H2,4H3/t10-,11+,12+,13-,16+/m0/s1. The summed E-state index contributed by atoms with van der Waals surface area (Å²) in [6, 6.07) is 0. The third-order valence-corrected chi connectivity index (χ3v) is 4.70. The first-order valence-electron chi connectivity index (χ1n) is 6.92. The number of esters is 2. The van der Waals surface area contributed by atoms with Gasteiger partial charge in [0.1, 0.15) is 6.61 Å². The van der Waals surface area contributed by atoms with Crippen molar-refractivity contribution in [3.05, 3.63) is 37.0 Å². The second-order valence-corrected chi connectivity index (χ2v) is 5.82. The topological polar surface area (TPSA) is 93.1 Å². The minimum atomic E-state index is -1.21. The lowest BCUT2D eigenvalue weighted by Crippen LogP contribution is -2.58. The van der Waals surface area contributed by atoms with Crippen LogP contribution < -0.4 is 0 Å². The first-order valence-corrected chi connectivity index (χ1v) is 6.92. The molecule has 120 valence electrons. The zero-order valence-corrected chi connectivity index (χ0v) is 12.4. The molecule has 1 aliphatic heterocycles. The van der Waals surface area contributed by atoms with Gasteiger partial charge in [-0.25, -0.2) is 9.59 Å². The molecule has 2 N–H and O–H groups in total. The molecule has 1 saturated heterocycles. The van der Waals surface area contributed by atoms with Crippen molar-refractivity contribution in [1.29, 1.82) is 0 Å². The van der Waals surface area contributed by atoms with Crippen LogP contribution in [0.2, 0.25) is 0 Å². The van der Waals surface area contributed by atoms with Crippen LogP contribution in [-0.2, 0) is 19.1 Å². The van der Waals surface area contributed by atoms with Gasteiger partial charge in [-0.3, -0.25) is 0 Å². The molecule has 0 amide bonds. The van der Waals surface area contributed by atoms with E-state index in [4.69, 9.17) is 4.74 Å². The van der Waals surface area contributed by atoms with Crippen molar-refractivity contribution < 1.29 is 29.3 Å². The van der Waals surface area contributed by atoms with Gasteiger partial charge >= 0.3 is 11.9 Å². The fourth-order valence-corrected chi connectivity index (χ4v) is 3.51. The fourth-order valence-electron chi connectivity index (χ4n) is 3.51. The average Bonchev–Trinajstić information content (AvgIpc) is 2.49. The highest BCUT2D eigenvalue weighted by Crippen LogP contribution is 2.51. The van der Waals surface area contributed by atoms with E-state index in [-0.39, 0.29) is 24.2 Å². The normalized spacial score (nSPS) is 37.8. The molecule has 22 heavy (non-hydrogen) atoms. The van der Waals surface area contributed by atoms with Crippen LogP contribution in [0.1, 0.15) is 6.42 Å². The number of cyclic esters (lactones) is 1. The Morgan fingerprint density at radius 3 is 2.68 bits per heavy atom. The second-order valence-electron chi connectivity index (χ2n) is 5.82. The van der Waals surface area contributed by atoms with Gasteiger partial charge in [-0.2, -0.15) is 0 Å². The fraction of sp³-hybridized carbons (Fsp3) is 0.500. The van der Waals surface area contributed by atoms with E-state index >= 15 is 0 Å². The summed E-state index contributed by atoms with van der Waals surface area (Å²) < 4.78 is 9.67. The zero-order valence-electron chi connectivity index (χ0n) is 12.4. The van der Waals surface area contributed by atoms with E-state index in [1.54, 1.807) is 6.08 Å². The Bertz CT molecular complexity index is 551. The lowest BCUT2D eigenvalue weighted by Gasteiger charge is -2.52. The number of fused-ring (bicyclic) bond motifs is 1. The second kappa shape index (κ2) is 5.70. The first kappa shape index (κ1) is 16.5. The summed E-state index contributed by atoms with van der Waals surface area (Å²) in [5.74, 6) is -2.94. The Labute approximate surface area is 128 Å². The van der Waals surface area contributed by atoms with Crippen molar-refractivity contribution in [3.63, 3.8) is 0 Å². The Morgan fingerprint density at radius 2 is 2.14 bits per heavy atom. The molecule has 2 aliphatic rings. The maximum atomic E-state index is 11.8. The number of rotatable bonds is 3. The number of aliphatic hydroxyl groups excluding tert-OH is 2. The number of ether oxygens (including phenoxy) is 2. The largest absolute Gasteiger partial charge is 0.466 e. The van der Waals surface area contributed by atoms with Gasteiger partial charge < -0.3 is 19.7 Å². The molecule has 0 aromatic rings. The van der Waals surface area contributed by atoms with Gasteiger partial charge in [-0.15, -0.1) is 6.58 Å². The van der Waals surface area contributed by atoms with Crippen LogP contribution in [0, 0.1) is 17.3 Å². The van der Waals surface area contributed by atoms with E-state index in [9.17, 15) is 19.8 Å². The highest BCUT2D eigenvalue weighted by molar-refractivity contribution is 5.91. The van der Waals surface area contributed by atoms with Crippen molar-refractivity contribution in [3.8, 4) is 0 Å². The van der Waals surface area contributed by atoms with Crippen LogP contribution in [0.5, 0.6) is 0 Å². The number of aliphatic hydroxyl groups is 2. The van der Waals surface area contributed by atoms with Gasteiger partial charge in [0, 0.05) is 28.4 Å².